The second kappa shape index (κ2) is 9.04. The summed E-state index contributed by atoms with van der Waals surface area (Å²) in [7, 11) is -3.37. The summed E-state index contributed by atoms with van der Waals surface area (Å²) in [6, 6.07) is 13.6. The molecule has 0 aliphatic rings. The lowest BCUT2D eigenvalue weighted by molar-refractivity contribution is 0.104. The Morgan fingerprint density at radius 2 is 1.80 bits per heavy atom. The van der Waals surface area contributed by atoms with Crippen molar-refractivity contribution in [1.29, 1.82) is 0 Å². The first kappa shape index (κ1) is 22.1. The zero-order valence-electron chi connectivity index (χ0n) is 16.3. The van der Waals surface area contributed by atoms with Crippen LogP contribution in [0.2, 0.25) is 10.2 Å². The SMILES string of the molecule is Cc1nn(Cc2ccccc2Cl)c(Cl)c1C=CC(=O)c1ccc(NS(C)(=O)=O)cc1. The summed E-state index contributed by atoms with van der Waals surface area (Å²) in [4.78, 5) is 12.5. The average Bonchev–Trinajstić information content (AvgIpc) is 2.94. The molecule has 3 aromatic rings. The van der Waals surface area contributed by atoms with Gasteiger partial charge in [0.15, 0.2) is 5.78 Å². The summed E-state index contributed by atoms with van der Waals surface area (Å²) in [6.07, 6.45) is 4.10. The fourth-order valence-corrected chi connectivity index (χ4v) is 3.88. The summed E-state index contributed by atoms with van der Waals surface area (Å²) >= 11 is 12.7. The van der Waals surface area contributed by atoms with E-state index in [-0.39, 0.29) is 5.78 Å². The molecule has 0 unspecified atom stereocenters. The van der Waals surface area contributed by atoms with Crippen molar-refractivity contribution in [2.75, 3.05) is 11.0 Å². The van der Waals surface area contributed by atoms with Gasteiger partial charge in [-0.1, -0.05) is 41.4 Å². The molecule has 0 aliphatic carbocycles. The minimum absolute atomic E-state index is 0.241. The molecule has 6 nitrogen and oxygen atoms in total. The molecule has 0 fully saturated rings. The van der Waals surface area contributed by atoms with Crippen molar-refractivity contribution >= 4 is 50.8 Å². The second-order valence-electron chi connectivity index (χ2n) is 6.69. The van der Waals surface area contributed by atoms with Gasteiger partial charge in [-0.2, -0.15) is 5.10 Å². The number of halogens is 2. The number of carbonyl (C=O) groups excluding carboxylic acids is 1. The van der Waals surface area contributed by atoms with E-state index in [2.05, 4.69) is 9.82 Å². The van der Waals surface area contributed by atoms with Crippen LogP contribution in [0.4, 0.5) is 5.69 Å². The number of hydrogen-bond acceptors (Lipinski definition) is 4. The van der Waals surface area contributed by atoms with E-state index in [0.717, 1.165) is 11.8 Å². The molecular formula is C21H19Cl2N3O3S. The van der Waals surface area contributed by atoms with Gasteiger partial charge in [0.25, 0.3) is 0 Å². The van der Waals surface area contributed by atoms with E-state index in [1.165, 1.54) is 18.2 Å². The molecule has 0 atom stereocenters. The van der Waals surface area contributed by atoms with E-state index in [4.69, 9.17) is 23.2 Å². The minimum Gasteiger partial charge on any atom is -0.289 e. The number of nitrogens with zero attached hydrogens (tertiary/aromatic N) is 2. The molecular weight excluding hydrogens is 445 g/mol. The standard InChI is InChI=1S/C21H19Cl2N3O3S/c1-14-18(21(23)26(24-14)13-16-5-3-4-6-19(16)22)11-12-20(27)15-7-9-17(10-8-15)25-30(2,28)29/h3-12,25H,13H2,1-2H3. The highest BCUT2D eigenvalue weighted by Crippen LogP contribution is 2.24. The highest BCUT2D eigenvalue weighted by molar-refractivity contribution is 7.92. The van der Waals surface area contributed by atoms with Crippen LogP contribution in [0.3, 0.4) is 0 Å². The monoisotopic (exact) mass is 463 g/mol. The predicted octanol–water partition coefficient (Wildman–Crippen LogP) is 4.81. The molecule has 9 heteroatoms. The van der Waals surface area contributed by atoms with Crippen molar-refractivity contribution in [2.24, 2.45) is 0 Å². The van der Waals surface area contributed by atoms with Crippen LogP contribution in [0, 0.1) is 6.92 Å². The first-order valence-corrected chi connectivity index (χ1v) is 11.6. The molecule has 0 amide bonds. The third-order valence-electron chi connectivity index (χ3n) is 4.26. The van der Waals surface area contributed by atoms with Crippen LogP contribution < -0.4 is 4.72 Å². The molecule has 0 bridgehead atoms. The van der Waals surface area contributed by atoms with Gasteiger partial charge in [-0.3, -0.25) is 9.52 Å². The lowest BCUT2D eigenvalue weighted by atomic mass is 10.1. The molecule has 0 radical (unpaired) electrons. The van der Waals surface area contributed by atoms with Crippen molar-refractivity contribution < 1.29 is 13.2 Å². The molecule has 1 aromatic heterocycles. The molecule has 1 N–H and O–H groups in total. The van der Waals surface area contributed by atoms with Crippen molar-refractivity contribution in [3.63, 3.8) is 0 Å². The van der Waals surface area contributed by atoms with Gasteiger partial charge >= 0.3 is 0 Å². The fraction of sp³-hybridized carbons (Fsp3) is 0.143. The average molecular weight is 464 g/mol. The van der Waals surface area contributed by atoms with Gasteiger partial charge in [0.1, 0.15) is 5.15 Å². The van der Waals surface area contributed by atoms with Crippen LogP contribution in [0.1, 0.15) is 27.2 Å². The van der Waals surface area contributed by atoms with Gasteiger partial charge < -0.3 is 0 Å². The van der Waals surface area contributed by atoms with E-state index in [1.807, 2.05) is 25.1 Å². The van der Waals surface area contributed by atoms with Gasteiger partial charge in [-0.15, -0.1) is 0 Å². The lowest BCUT2D eigenvalue weighted by Crippen LogP contribution is -2.09. The van der Waals surface area contributed by atoms with E-state index >= 15 is 0 Å². The van der Waals surface area contributed by atoms with E-state index in [1.54, 1.807) is 29.0 Å². The maximum absolute atomic E-state index is 12.5. The highest BCUT2D eigenvalue weighted by atomic mass is 35.5. The predicted molar refractivity (Wildman–Crippen MR) is 121 cm³/mol. The first-order chi connectivity index (χ1) is 14.1. The molecule has 0 spiro atoms. The molecule has 0 saturated carbocycles. The largest absolute Gasteiger partial charge is 0.289 e. The van der Waals surface area contributed by atoms with Crippen LogP contribution in [0.15, 0.2) is 54.6 Å². The third-order valence-corrected chi connectivity index (χ3v) is 5.64. The molecule has 156 valence electrons. The Labute approximate surface area is 185 Å². The topological polar surface area (TPSA) is 81.1 Å². The maximum Gasteiger partial charge on any atom is 0.229 e. The number of nitrogens with one attached hydrogen (secondary N) is 1. The van der Waals surface area contributed by atoms with Crippen LogP contribution in [-0.2, 0) is 16.6 Å². The summed E-state index contributed by atoms with van der Waals surface area (Å²) in [6.45, 7) is 2.22. The van der Waals surface area contributed by atoms with E-state index in [9.17, 15) is 13.2 Å². The number of benzene rings is 2. The van der Waals surface area contributed by atoms with Gasteiger partial charge in [-0.25, -0.2) is 13.1 Å². The van der Waals surface area contributed by atoms with Gasteiger partial charge in [0, 0.05) is 21.8 Å². The van der Waals surface area contributed by atoms with Crippen LogP contribution in [-0.4, -0.2) is 30.2 Å². The van der Waals surface area contributed by atoms with Crippen LogP contribution in [0.25, 0.3) is 6.08 Å². The second-order valence-corrected chi connectivity index (χ2v) is 9.20. The van der Waals surface area contributed by atoms with Gasteiger partial charge in [0.05, 0.1) is 18.5 Å². The molecule has 1 heterocycles. The van der Waals surface area contributed by atoms with Crippen molar-refractivity contribution in [3.8, 4) is 0 Å². The quantitative estimate of drug-likeness (QED) is 0.402. The number of sulfonamides is 1. The number of aromatic nitrogens is 2. The van der Waals surface area contributed by atoms with Gasteiger partial charge in [-0.05, 0) is 55.0 Å². The Kier molecular flexibility index (Phi) is 6.65. The molecule has 2 aromatic carbocycles. The third kappa shape index (κ3) is 5.50. The smallest absolute Gasteiger partial charge is 0.229 e. The van der Waals surface area contributed by atoms with Crippen molar-refractivity contribution in [3.05, 3.63) is 87.2 Å². The number of aryl methyl sites for hydroxylation is 1. The molecule has 0 saturated heterocycles. The summed E-state index contributed by atoms with van der Waals surface area (Å²) in [5.41, 5.74) is 3.02. The number of ketones is 1. The maximum atomic E-state index is 12.5. The number of hydrogen-bond donors (Lipinski definition) is 1. The summed E-state index contributed by atoms with van der Waals surface area (Å²) < 4.78 is 26.5. The van der Waals surface area contributed by atoms with Gasteiger partial charge in [0.2, 0.25) is 10.0 Å². The fourth-order valence-electron chi connectivity index (χ4n) is 2.82. The Balaban J connectivity index is 1.76. The normalized spacial score (nSPS) is 11.7. The summed E-state index contributed by atoms with van der Waals surface area (Å²) in [5, 5.41) is 5.48. The Bertz CT molecular complexity index is 1220. The first-order valence-electron chi connectivity index (χ1n) is 8.90. The number of allylic oxidation sites excluding steroid dienone is 1. The van der Waals surface area contributed by atoms with E-state index in [0.29, 0.717) is 39.2 Å². The highest BCUT2D eigenvalue weighted by Gasteiger charge is 2.13. The number of carbonyl (C=O) groups is 1. The van der Waals surface area contributed by atoms with Crippen LogP contribution >= 0.6 is 23.2 Å². The lowest BCUT2D eigenvalue weighted by Gasteiger charge is -2.05. The molecule has 30 heavy (non-hydrogen) atoms. The van der Waals surface area contributed by atoms with Crippen molar-refractivity contribution in [1.82, 2.24) is 9.78 Å². The minimum atomic E-state index is -3.37. The Hall–Kier alpha value is -2.61. The molecule has 3 rings (SSSR count). The Morgan fingerprint density at radius 3 is 2.43 bits per heavy atom. The zero-order valence-corrected chi connectivity index (χ0v) is 18.6. The molecule has 0 aliphatic heterocycles. The van der Waals surface area contributed by atoms with E-state index < -0.39 is 10.0 Å². The summed E-state index contributed by atoms with van der Waals surface area (Å²) in [5.74, 6) is -0.241. The zero-order chi connectivity index (χ0) is 21.9. The van der Waals surface area contributed by atoms with Crippen molar-refractivity contribution in [2.45, 2.75) is 13.5 Å². The Morgan fingerprint density at radius 1 is 1.13 bits per heavy atom. The number of anilines is 1. The number of rotatable bonds is 7. The van der Waals surface area contributed by atoms with Crippen LogP contribution in [0.5, 0.6) is 0 Å².